The smallest absolute Gasteiger partial charge is 0.0664 e. The van der Waals surface area contributed by atoms with Crippen molar-refractivity contribution in [3.05, 3.63) is 35.0 Å². The molecule has 1 saturated carbocycles. The molecule has 0 N–H and O–H groups in total. The zero-order valence-electron chi connectivity index (χ0n) is 14.0. The third kappa shape index (κ3) is 2.18. The van der Waals surface area contributed by atoms with Crippen LogP contribution in [0.1, 0.15) is 74.1 Å². The first-order valence-corrected chi connectivity index (χ1v) is 9.60. The summed E-state index contributed by atoms with van der Waals surface area (Å²) >= 11 is 0. The van der Waals surface area contributed by atoms with Gasteiger partial charge in [0.05, 0.1) is 11.4 Å². The number of hydrogen-bond donors (Lipinski definition) is 0. The van der Waals surface area contributed by atoms with Gasteiger partial charge in [0, 0.05) is 24.0 Å². The highest BCUT2D eigenvalue weighted by molar-refractivity contribution is 6.07. The Kier molecular flexibility index (Phi) is 3.31. The van der Waals surface area contributed by atoms with Crippen molar-refractivity contribution in [2.75, 3.05) is 6.54 Å². The fraction of sp³-hybridized carbons (Fsp3) is 0.571. The number of fused-ring (bicyclic) bond motifs is 3. The molecule has 0 saturated heterocycles. The standard InChI is InChI=1S/C21H26N2/c1-2-6-15(7-3-1)16-10-11-20-18(14-16)17-8-4-9-19-21(17)23(20)13-5-12-22-19/h10-11,14-15H,1-9,12-13H2. The Morgan fingerprint density at radius 3 is 2.78 bits per heavy atom. The van der Waals surface area contributed by atoms with Gasteiger partial charge in [0.1, 0.15) is 0 Å². The predicted octanol–water partition coefficient (Wildman–Crippen LogP) is 5.22. The Balaban J connectivity index is 1.68. The minimum Gasteiger partial charge on any atom is -0.339 e. The first-order valence-electron chi connectivity index (χ1n) is 9.60. The average molecular weight is 306 g/mol. The number of hydrogen-bond acceptors (Lipinski definition) is 1. The van der Waals surface area contributed by atoms with Crippen LogP contribution in [0.3, 0.4) is 0 Å². The Morgan fingerprint density at radius 2 is 1.87 bits per heavy atom. The molecule has 0 radical (unpaired) electrons. The minimum atomic E-state index is 0.803. The number of aromatic nitrogens is 1. The van der Waals surface area contributed by atoms with Crippen molar-refractivity contribution in [1.29, 1.82) is 0 Å². The largest absolute Gasteiger partial charge is 0.339 e. The van der Waals surface area contributed by atoms with Gasteiger partial charge in [-0.25, -0.2) is 0 Å². The van der Waals surface area contributed by atoms with Crippen LogP contribution in [-0.2, 0) is 13.0 Å². The normalized spacial score (nSPS) is 21.8. The zero-order chi connectivity index (χ0) is 15.2. The van der Waals surface area contributed by atoms with E-state index in [0.717, 1.165) is 19.0 Å². The zero-order valence-corrected chi connectivity index (χ0v) is 14.0. The maximum absolute atomic E-state index is 4.90. The van der Waals surface area contributed by atoms with Crippen molar-refractivity contribution >= 4 is 16.6 Å². The third-order valence-electron chi connectivity index (χ3n) is 6.23. The molecule has 0 unspecified atom stereocenters. The second kappa shape index (κ2) is 5.51. The summed E-state index contributed by atoms with van der Waals surface area (Å²) in [5, 5.41) is 1.54. The van der Waals surface area contributed by atoms with Gasteiger partial charge >= 0.3 is 0 Å². The van der Waals surface area contributed by atoms with Gasteiger partial charge in [0.2, 0.25) is 0 Å². The van der Waals surface area contributed by atoms with E-state index in [9.17, 15) is 0 Å². The van der Waals surface area contributed by atoms with Gasteiger partial charge in [-0.05, 0) is 67.7 Å². The molecule has 1 aromatic carbocycles. The number of aryl methyl sites for hydroxylation is 2. The second-order valence-electron chi connectivity index (χ2n) is 7.63. The van der Waals surface area contributed by atoms with Gasteiger partial charge in [-0.1, -0.05) is 25.3 Å². The molecule has 0 bridgehead atoms. The summed E-state index contributed by atoms with van der Waals surface area (Å²) in [4.78, 5) is 4.90. The number of aliphatic imine (C=N–C) groups is 1. The van der Waals surface area contributed by atoms with E-state index in [1.54, 1.807) is 11.1 Å². The Hall–Kier alpha value is -1.57. The molecule has 2 heteroatoms. The molecule has 0 atom stereocenters. The van der Waals surface area contributed by atoms with Crippen LogP contribution in [0.4, 0.5) is 0 Å². The van der Waals surface area contributed by atoms with Gasteiger partial charge in [-0.2, -0.15) is 0 Å². The highest BCUT2D eigenvalue weighted by Gasteiger charge is 2.26. The molecule has 120 valence electrons. The van der Waals surface area contributed by atoms with Crippen molar-refractivity contribution in [2.45, 2.75) is 70.3 Å². The van der Waals surface area contributed by atoms with E-state index in [4.69, 9.17) is 4.99 Å². The fourth-order valence-electron chi connectivity index (χ4n) is 5.09. The minimum absolute atomic E-state index is 0.803. The SMILES string of the molecule is c1cc2c(cc1C1CCCCC1)c1c3n2CCCN=C3CCC1. The van der Waals surface area contributed by atoms with E-state index in [2.05, 4.69) is 22.8 Å². The lowest BCUT2D eigenvalue weighted by Gasteiger charge is -2.22. The van der Waals surface area contributed by atoms with Crippen molar-refractivity contribution in [2.24, 2.45) is 4.99 Å². The van der Waals surface area contributed by atoms with Crippen LogP contribution in [0.25, 0.3) is 10.9 Å². The molecule has 2 aromatic rings. The van der Waals surface area contributed by atoms with Gasteiger partial charge in [0.15, 0.2) is 0 Å². The Labute approximate surface area is 138 Å². The van der Waals surface area contributed by atoms with E-state index in [0.29, 0.717) is 0 Å². The van der Waals surface area contributed by atoms with Crippen LogP contribution < -0.4 is 0 Å². The molecule has 5 rings (SSSR count). The van der Waals surface area contributed by atoms with Crippen molar-refractivity contribution in [3.63, 3.8) is 0 Å². The average Bonchev–Trinajstić information content (AvgIpc) is 2.77. The summed E-state index contributed by atoms with van der Waals surface area (Å²) in [6.45, 7) is 2.15. The lowest BCUT2D eigenvalue weighted by Crippen LogP contribution is -2.14. The summed E-state index contributed by atoms with van der Waals surface area (Å²) in [5.74, 6) is 0.803. The Morgan fingerprint density at radius 1 is 0.957 bits per heavy atom. The molecule has 1 aromatic heterocycles. The highest BCUT2D eigenvalue weighted by atomic mass is 15.0. The molecule has 3 aliphatic rings. The van der Waals surface area contributed by atoms with Crippen LogP contribution in [0, 0.1) is 0 Å². The summed E-state index contributed by atoms with van der Waals surface area (Å²) in [6.07, 6.45) is 11.9. The maximum Gasteiger partial charge on any atom is 0.0664 e. The van der Waals surface area contributed by atoms with Crippen LogP contribution in [-0.4, -0.2) is 16.8 Å². The molecule has 0 amide bonds. The molecule has 2 aliphatic carbocycles. The predicted molar refractivity (Wildman–Crippen MR) is 96.7 cm³/mol. The molecule has 0 spiro atoms. The van der Waals surface area contributed by atoms with E-state index >= 15 is 0 Å². The first kappa shape index (κ1) is 13.8. The van der Waals surface area contributed by atoms with E-state index in [1.165, 1.54) is 80.1 Å². The second-order valence-corrected chi connectivity index (χ2v) is 7.63. The van der Waals surface area contributed by atoms with Gasteiger partial charge < -0.3 is 4.57 Å². The van der Waals surface area contributed by atoms with E-state index < -0.39 is 0 Å². The molecule has 1 aliphatic heterocycles. The lowest BCUT2D eigenvalue weighted by atomic mass is 9.83. The van der Waals surface area contributed by atoms with Crippen LogP contribution >= 0.6 is 0 Å². The fourth-order valence-corrected chi connectivity index (χ4v) is 5.09. The van der Waals surface area contributed by atoms with E-state index in [1.807, 2.05) is 0 Å². The highest BCUT2D eigenvalue weighted by Crippen LogP contribution is 2.38. The summed E-state index contributed by atoms with van der Waals surface area (Å²) in [5.41, 5.74) is 7.54. The first-order chi connectivity index (χ1) is 11.4. The quantitative estimate of drug-likeness (QED) is 0.687. The van der Waals surface area contributed by atoms with Crippen LogP contribution in [0.15, 0.2) is 23.2 Å². The Bertz CT molecular complexity index is 775. The third-order valence-corrected chi connectivity index (χ3v) is 6.23. The molecular weight excluding hydrogens is 280 g/mol. The number of benzene rings is 1. The molecule has 2 nitrogen and oxygen atoms in total. The lowest BCUT2D eigenvalue weighted by molar-refractivity contribution is 0.444. The van der Waals surface area contributed by atoms with Gasteiger partial charge in [-0.15, -0.1) is 0 Å². The van der Waals surface area contributed by atoms with Crippen molar-refractivity contribution in [3.8, 4) is 0 Å². The summed E-state index contributed by atoms with van der Waals surface area (Å²) in [6, 6.07) is 7.39. The molecule has 2 heterocycles. The van der Waals surface area contributed by atoms with Gasteiger partial charge in [-0.3, -0.25) is 4.99 Å². The molecule has 23 heavy (non-hydrogen) atoms. The van der Waals surface area contributed by atoms with Crippen molar-refractivity contribution < 1.29 is 0 Å². The number of rotatable bonds is 1. The maximum atomic E-state index is 4.90. The molecule has 1 fully saturated rings. The van der Waals surface area contributed by atoms with Crippen LogP contribution in [0.5, 0.6) is 0 Å². The topological polar surface area (TPSA) is 17.3 Å². The molecular formula is C21H26N2. The summed E-state index contributed by atoms with van der Waals surface area (Å²) < 4.78 is 2.58. The van der Waals surface area contributed by atoms with Crippen LogP contribution in [0.2, 0.25) is 0 Å². The van der Waals surface area contributed by atoms with E-state index in [-0.39, 0.29) is 0 Å². The van der Waals surface area contributed by atoms with Crippen molar-refractivity contribution in [1.82, 2.24) is 4.57 Å². The summed E-state index contributed by atoms with van der Waals surface area (Å²) in [7, 11) is 0. The number of nitrogens with zero attached hydrogens (tertiary/aromatic N) is 2. The van der Waals surface area contributed by atoms with Gasteiger partial charge in [0.25, 0.3) is 0 Å². The monoisotopic (exact) mass is 306 g/mol.